The third-order valence-electron chi connectivity index (χ3n) is 4.95. The summed E-state index contributed by atoms with van der Waals surface area (Å²) in [5.74, 6) is 0.619. The fourth-order valence-corrected chi connectivity index (χ4v) is 3.48. The third-order valence-corrected chi connectivity index (χ3v) is 4.95. The summed E-state index contributed by atoms with van der Waals surface area (Å²) >= 11 is 0. The zero-order chi connectivity index (χ0) is 20.9. The predicted octanol–water partition coefficient (Wildman–Crippen LogP) is 6.48. The molecule has 5 heteroatoms. The van der Waals surface area contributed by atoms with Crippen LogP contribution in [0.25, 0.3) is 11.0 Å². The number of nitrogens with zero attached hydrogens (tertiary/aromatic N) is 3. The summed E-state index contributed by atoms with van der Waals surface area (Å²) in [4.78, 5) is 9.89. The topological polar surface area (TPSA) is 56.3 Å². The molecule has 0 spiro atoms. The van der Waals surface area contributed by atoms with Gasteiger partial charge in [0, 0.05) is 17.1 Å². The zero-order valence-electron chi connectivity index (χ0n) is 16.8. The Balaban J connectivity index is 1.36. The maximum Gasteiger partial charge on any atom is 0.222 e. The van der Waals surface area contributed by atoms with E-state index in [0.717, 1.165) is 33.7 Å². The van der Waals surface area contributed by atoms with Crippen molar-refractivity contribution in [1.82, 2.24) is 9.97 Å². The van der Waals surface area contributed by atoms with E-state index in [1.807, 2.05) is 36.4 Å². The zero-order valence-corrected chi connectivity index (χ0v) is 16.8. The van der Waals surface area contributed by atoms with Crippen molar-refractivity contribution in [2.75, 3.05) is 10.3 Å². The number of hydrogen-bond donors (Lipinski definition) is 2. The number of hydrogen-bond acceptors (Lipinski definition) is 4. The highest BCUT2D eigenvalue weighted by Crippen LogP contribution is 2.33. The number of imidazole rings is 1. The number of fused-ring (bicyclic) bond motifs is 1. The molecule has 0 aliphatic carbocycles. The van der Waals surface area contributed by atoms with Crippen LogP contribution in [0.5, 0.6) is 0 Å². The number of para-hydroxylation sites is 4. The van der Waals surface area contributed by atoms with Crippen LogP contribution in [0, 0.1) is 0 Å². The molecule has 31 heavy (non-hydrogen) atoms. The lowest BCUT2D eigenvalue weighted by atomic mass is 10.1. The number of rotatable bonds is 6. The molecule has 4 aromatic carbocycles. The molecule has 0 bridgehead atoms. The Morgan fingerprint density at radius 1 is 0.677 bits per heavy atom. The van der Waals surface area contributed by atoms with Crippen LogP contribution in [0.2, 0.25) is 0 Å². The monoisotopic (exact) mass is 403 g/mol. The van der Waals surface area contributed by atoms with Gasteiger partial charge in [0.15, 0.2) is 0 Å². The van der Waals surface area contributed by atoms with Gasteiger partial charge in [-0.15, -0.1) is 0 Å². The molecule has 0 aliphatic heterocycles. The molecular formula is C26H21N5. The van der Waals surface area contributed by atoms with Crippen LogP contribution in [-0.2, 0) is 0 Å². The van der Waals surface area contributed by atoms with E-state index in [0.29, 0.717) is 5.95 Å². The number of aromatic nitrogens is 2. The number of anilines is 4. The standard InChI is InChI=1S/C26H21N5/c1-3-9-21(10-4-1)31(22-11-5-2-6-12-22)23-17-15-20(16-18-23)19-27-30-26-28-24-13-7-8-14-25(24)29-26/h1-19H,(H2,28,29,30)/b27-19+. The van der Waals surface area contributed by atoms with Gasteiger partial charge < -0.3 is 9.88 Å². The lowest BCUT2D eigenvalue weighted by Crippen LogP contribution is -2.09. The van der Waals surface area contributed by atoms with Crippen molar-refractivity contribution >= 4 is 40.3 Å². The second-order valence-electron chi connectivity index (χ2n) is 7.07. The molecule has 150 valence electrons. The van der Waals surface area contributed by atoms with Crippen molar-refractivity contribution in [1.29, 1.82) is 0 Å². The third kappa shape index (κ3) is 4.16. The first kappa shape index (κ1) is 18.6. The predicted molar refractivity (Wildman–Crippen MR) is 128 cm³/mol. The maximum absolute atomic E-state index is 4.46. The number of hydrazone groups is 1. The molecule has 0 unspecified atom stereocenters. The Hall–Kier alpha value is -4.38. The minimum atomic E-state index is 0.619. The summed E-state index contributed by atoms with van der Waals surface area (Å²) < 4.78 is 0. The highest BCUT2D eigenvalue weighted by molar-refractivity contribution is 5.83. The Bertz CT molecular complexity index is 1220. The first-order valence-electron chi connectivity index (χ1n) is 10.1. The van der Waals surface area contributed by atoms with E-state index in [1.54, 1.807) is 6.21 Å². The first-order chi connectivity index (χ1) is 15.4. The molecule has 0 amide bonds. The smallest absolute Gasteiger partial charge is 0.222 e. The van der Waals surface area contributed by atoms with Crippen LogP contribution in [-0.4, -0.2) is 16.2 Å². The molecule has 0 saturated heterocycles. The molecule has 1 aromatic heterocycles. The average Bonchev–Trinajstić information content (AvgIpc) is 3.25. The summed E-state index contributed by atoms with van der Waals surface area (Å²) in [5, 5.41) is 4.32. The summed E-state index contributed by atoms with van der Waals surface area (Å²) in [6.07, 6.45) is 1.78. The van der Waals surface area contributed by atoms with E-state index in [2.05, 4.69) is 98.2 Å². The summed E-state index contributed by atoms with van der Waals surface area (Å²) in [6.45, 7) is 0. The van der Waals surface area contributed by atoms with Gasteiger partial charge in [-0.3, -0.25) is 0 Å². The highest BCUT2D eigenvalue weighted by Gasteiger charge is 2.11. The highest BCUT2D eigenvalue weighted by atomic mass is 15.3. The van der Waals surface area contributed by atoms with Crippen molar-refractivity contribution < 1.29 is 0 Å². The van der Waals surface area contributed by atoms with Crippen molar-refractivity contribution in [3.8, 4) is 0 Å². The quantitative estimate of drug-likeness (QED) is 0.252. The van der Waals surface area contributed by atoms with Crippen molar-refractivity contribution in [2.24, 2.45) is 5.10 Å². The van der Waals surface area contributed by atoms with Gasteiger partial charge in [0.25, 0.3) is 0 Å². The van der Waals surface area contributed by atoms with E-state index >= 15 is 0 Å². The number of H-pyrrole nitrogens is 1. The van der Waals surface area contributed by atoms with Gasteiger partial charge in [-0.1, -0.05) is 60.7 Å². The molecule has 0 atom stereocenters. The molecule has 5 rings (SSSR count). The van der Waals surface area contributed by atoms with E-state index in [1.165, 1.54) is 0 Å². The van der Waals surface area contributed by atoms with Gasteiger partial charge in [0.1, 0.15) is 0 Å². The van der Waals surface area contributed by atoms with Crippen LogP contribution in [0.4, 0.5) is 23.0 Å². The van der Waals surface area contributed by atoms with Crippen LogP contribution >= 0.6 is 0 Å². The molecular weight excluding hydrogens is 382 g/mol. The molecule has 5 aromatic rings. The Morgan fingerprint density at radius 2 is 1.26 bits per heavy atom. The number of benzene rings is 4. The second kappa shape index (κ2) is 8.55. The van der Waals surface area contributed by atoms with E-state index < -0.39 is 0 Å². The normalized spacial score (nSPS) is 11.1. The largest absolute Gasteiger partial charge is 0.323 e. The van der Waals surface area contributed by atoms with E-state index in [9.17, 15) is 0 Å². The maximum atomic E-state index is 4.46. The number of aromatic amines is 1. The van der Waals surface area contributed by atoms with Crippen molar-refractivity contribution in [3.05, 3.63) is 115 Å². The molecule has 2 N–H and O–H groups in total. The van der Waals surface area contributed by atoms with Crippen LogP contribution < -0.4 is 10.3 Å². The fourth-order valence-electron chi connectivity index (χ4n) is 3.48. The van der Waals surface area contributed by atoms with Crippen LogP contribution in [0.1, 0.15) is 5.56 Å². The van der Waals surface area contributed by atoms with Crippen LogP contribution in [0.15, 0.2) is 114 Å². The molecule has 0 radical (unpaired) electrons. The van der Waals surface area contributed by atoms with Gasteiger partial charge in [-0.2, -0.15) is 5.10 Å². The minimum absolute atomic E-state index is 0.619. The lowest BCUT2D eigenvalue weighted by molar-refractivity contribution is 1.21. The summed E-state index contributed by atoms with van der Waals surface area (Å²) in [5.41, 5.74) is 9.15. The van der Waals surface area contributed by atoms with Gasteiger partial charge in [0.2, 0.25) is 5.95 Å². The summed E-state index contributed by atoms with van der Waals surface area (Å²) in [6, 6.07) is 36.9. The Kier molecular flexibility index (Phi) is 5.14. The van der Waals surface area contributed by atoms with Gasteiger partial charge in [0.05, 0.1) is 17.2 Å². The van der Waals surface area contributed by atoms with Gasteiger partial charge >= 0.3 is 0 Å². The van der Waals surface area contributed by atoms with Crippen molar-refractivity contribution in [3.63, 3.8) is 0 Å². The molecule has 0 aliphatic rings. The number of nitrogens with one attached hydrogen (secondary N) is 2. The first-order valence-corrected chi connectivity index (χ1v) is 10.1. The molecule has 5 nitrogen and oxygen atoms in total. The molecule has 0 fully saturated rings. The molecule has 1 heterocycles. The van der Waals surface area contributed by atoms with Crippen LogP contribution in [0.3, 0.4) is 0 Å². The second-order valence-corrected chi connectivity index (χ2v) is 7.07. The van der Waals surface area contributed by atoms with Crippen molar-refractivity contribution in [2.45, 2.75) is 0 Å². The summed E-state index contributed by atoms with van der Waals surface area (Å²) in [7, 11) is 0. The average molecular weight is 403 g/mol. The lowest BCUT2D eigenvalue weighted by Gasteiger charge is -2.25. The fraction of sp³-hybridized carbons (Fsp3) is 0. The van der Waals surface area contributed by atoms with Gasteiger partial charge in [-0.05, 0) is 54.1 Å². The Morgan fingerprint density at radius 3 is 1.90 bits per heavy atom. The minimum Gasteiger partial charge on any atom is -0.323 e. The van der Waals surface area contributed by atoms with E-state index in [-0.39, 0.29) is 0 Å². The van der Waals surface area contributed by atoms with Gasteiger partial charge in [-0.25, -0.2) is 10.4 Å². The SMILES string of the molecule is C(=N\Nc1nc2ccccc2[nH]1)/c1ccc(N(c2ccccc2)c2ccccc2)cc1. The van der Waals surface area contributed by atoms with E-state index in [4.69, 9.17) is 0 Å². The Labute approximate surface area is 180 Å². The molecule has 0 saturated carbocycles.